The number of benzene rings is 1. The van der Waals surface area contributed by atoms with Crippen LogP contribution in [-0.4, -0.2) is 25.4 Å². The van der Waals surface area contributed by atoms with Crippen molar-refractivity contribution in [1.82, 2.24) is 5.32 Å². The Morgan fingerprint density at radius 3 is 3.27 bits per heavy atom. The molecule has 2 N–H and O–H groups in total. The first-order valence-corrected chi connectivity index (χ1v) is 6.59. The van der Waals surface area contributed by atoms with E-state index in [9.17, 15) is 0 Å². The number of fused-ring (bicyclic) bond motifs is 1. The molecule has 1 aromatic rings. The number of nitrogens with one attached hydrogen (secondary N) is 2. The van der Waals surface area contributed by atoms with Crippen molar-refractivity contribution in [3.05, 3.63) is 23.8 Å². The van der Waals surface area contributed by atoms with Crippen LogP contribution in [0.2, 0.25) is 0 Å². The Bertz CT molecular complexity index is 325. The van der Waals surface area contributed by atoms with E-state index in [1.807, 2.05) is 11.8 Å². The normalized spacial score (nSPS) is 14.5. The summed E-state index contributed by atoms with van der Waals surface area (Å²) in [4.78, 5) is 1.41. The van der Waals surface area contributed by atoms with Crippen LogP contribution in [0.15, 0.2) is 23.1 Å². The first kappa shape index (κ1) is 10.8. The molecular formula is C12H18N2S. The molecule has 82 valence electrons. The second kappa shape index (κ2) is 5.42. The third-order valence-corrected chi connectivity index (χ3v) is 3.62. The Balaban J connectivity index is 2.00. The highest BCUT2D eigenvalue weighted by atomic mass is 32.2. The van der Waals surface area contributed by atoms with Gasteiger partial charge in [-0.1, -0.05) is 13.0 Å². The van der Waals surface area contributed by atoms with Gasteiger partial charge in [-0.05, 0) is 37.2 Å². The summed E-state index contributed by atoms with van der Waals surface area (Å²) in [7, 11) is 0. The van der Waals surface area contributed by atoms with Gasteiger partial charge >= 0.3 is 0 Å². The Morgan fingerprint density at radius 1 is 1.47 bits per heavy atom. The van der Waals surface area contributed by atoms with Crippen LogP contribution in [0.5, 0.6) is 0 Å². The monoisotopic (exact) mass is 222 g/mol. The fraction of sp³-hybridized carbons (Fsp3) is 0.500. The topological polar surface area (TPSA) is 24.1 Å². The van der Waals surface area contributed by atoms with E-state index in [4.69, 9.17) is 0 Å². The summed E-state index contributed by atoms with van der Waals surface area (Å²) in [6.45, 7) is 5.37. The molecule has 15 heavy (non-hydrogen) atoms. The summed E-state index contributed by atoms with van der Waals surface area (Å²) in [5, 5.41) is 6.77. The van der Waals surface area contributed by atoms with Crippen molar-refractivity contribution in [3.63, 3.8) is 0 Å². The summed E-state index contributed by atoms with van der Waals surface area (Å²) in [5.74, 6) is 1.18. The summed E-state index contributed by atoms with van der Waals surface area (Å²) in [6.07, 6.45) is 1.13. The van der Waals surface area contributed by atoms with Gasteiger partial charge in [-0.15, -0.1) is 11.8 Å². The lowest BCUT2D eigenvalue weighted by atomic mass is 10.1. The Kier molecular flexibility index (Phi) is 3.92. The molecule has 0 atom stereocenters. The number of hydrogen-bond acceptors (Lipinski definition) is 3. The smallest absolute Gasteiger partial charge is 0.0478 e. The Morgan fingerprint density at radius 2 is 2.40 bits per heavy atom. The molecule has 1 aromatic carbocycles. The van der Waals surface area contributed by atoms with Crippen molar-refractivity contribution in [1.29, 1.82) is 0 Å². The summed E-state index contributed by atoms with van der Waals surface area (Å²) >= 11 is 1.96. The summed E-state index contributed by atoms with van der Waals surface area (Å²) in [5.41, 5.74) is 2.74. The van der Waals surface area contributed by atoms with E-state index in [1.54, 1.807) is 0 Å². The maximum absolute atomic E-state index is 3.42. The molecule has 1 aliphatic heterocycles. The zero-order chi connectivity index (χ0) is 10.5. The number of anilines is 1. The van der Waals surface area contributed by atoms with E-state index in [2.05, 4.69) is 35.8 Å². The van der Waals surface area contributed by atoms with Gasteiger partial charge < -0.3 is 10.6 Å². The molecule has 0 saturated heterocycles. The van der Waals surface area contributed by atoms with E-state index in [0.29, 0.717) is 0 Å². The highest BCUT2D eigenvalue weighted by molar-refractivity contribution is 7.99. The minimum absolute atomic E-state index is 1.06. The van der Waals surface area contributed by atoms with Crippen LogP contribution < -0.4 is 10.6 Å². The zero-order valence-corrected chi connectivity index (χ0v) is 9.99. The van der Waals surface area contributed by atoms with Crippen LogP contribution in [0.4, 0.5) is 5.69 Å². The molecule has 0 aliphatic carbocycles. The van der Waals surface area contributed by atoms with E-state index in [0.717, 1.165) is 26.1 Å². The molecule has 0 unspecified atom stereocenters. The van der Waals surface area contributed by atoms with Gasteiger partial charge in [0.15, 0.2) is 0 Å². The van der Waals surface area contributed by atoms with Gasteiger partial charge in [-0.3, -0.25) is 0 Å². The average molecular weight is 222 g/mol. The molecule has 0 aromatic heterocycles. The van der Waals surface area contributed by atoms with Crippen LogP contribution in [-0.2, 0) is 6.42 Å². The van der Waals surface area contributed by atoms with Gasteiger partial charge in [0.25, 0.3) is 0 Å². The predicted molar refractivity (Wildman–Crippen MR) is 67.9 cm³/mol. The second-order valence-corrected chi connectivity index (χ2v) is 4.85. The van der Waals surface area contributed by atoms with Crippen LogP contribution in [0.3, 0.4) is 0 Å². The third-order valence-electron chi connectivity index (χ3n) is 2.56. The van der Waals surface area contributed by atoms with Crippen LogP contribution in [0.25, 0.3) is 0 Å². The fourth-order valence-corrected chi connectivity index (χ4v) is 2.70. The standard InChI is InChI=1S/C12H18N2S/c1-2-13-6-5-10-3-4-11-12(9-10)15-8-7-14-11/h3-4,9,13-14H,2,5-8H2,1H3. The third kappa shape index (κ3) is 2.89. The molecule has 2 nitrogen and oxygen atoms in total. The highest BCUT2D eigenvalue weighted by Crippen LogP contribution is 2.31. The van der Waals surface area contributed by atoms with Crippen molar-refractivity contribution < 1.29 is 0 Å². The van der Waals surface area contributed by atoms with Gasteiger partial charge in [0, 0.05) is 22.9 Å². The Hall–Kier alpha value is -0.670. The lowest BCUT2D eigenvalue weighted by Gasteiger charge is -2.18. The Labute approximate surface area is 95.8 Å². The van der Waals surface area contributed by atoms with Crippen molar-refractivity contribution in [3.8, 4) is 0 Å². The maximum Gasteiger partial charge on any atom is 0.0478 e. The first-order valence-electron chi connectivity index (χ1n) is 5.60. The lowest BCUT2D eigenvalue weighted by molar-refractivity contribution is 0.716. The lowest BCUT2D eigenvalue weighted by Crippen LogP contribution is -2.16. The molecule has 0 bridgehead atoms. The molecule has 0 saturated carbocycles. The van der Waals surface area contributed by atoms with Crippen LogP contribution in [0.1, 0.15) is 12.5 Å². The molecule has 3 heteroatoms. The first-order chi connectivity index (χ1) is 7.40. The number of thioether (sulfide) groups is 1. The van der Waals surface area contributed by atoms with Gasteiger partial charge in [0.1, 0.15) is 0 Å². The van der Waals surface area contributed by atoms with Crippen molar-refractivity contribution in [2.75, 3.05) is 30.7 Å². The zero-order valence-electron chi connectivity index (χ0n) is 9.18. The predicted octanol–water partition coefficient (Wildman–Crippen LogP) is 2.36. The van der Waals surface area contributed by atoms with Gasteiger partial charge in [0.05, 0.1) is 0 Å². The van der Waals surface area contributed by atoms with Gasteiger partial charge in [-0.25, -0.2) is 0 Å². The fourth-order valence-electron chi connectivity index (χ4n) is 1.74. The minimum atomic E-state index is 1.06. The van der Waals surface area contributed by atoms with Crippen molar-refractivity contribution >= 4 is 17.4 Å². The largest absolute Gasteiger partial charge is 0.383 e. The van der Waals surface area contributed by atoms with E-state index in [-0.39, 0.29) is 0 Å². The molecule has 0 spiro atoms. The van der Waals surface area contributed by atoms with Gasteiger partial charge in [-0.2, -0.15) is 0 Å². The van der Waals surface area contributed by atoms with Crippen LogP contribution in [0, 0.1) is 0 Å². The minimum Gasteiger partial charge on any atom is -0.383 e. The number of hydrogen-bond donors (Lipinski definition) is 2. The molecule has 0 fully saturated rings. The number of likely N-dealkylation sites (N-methyl/N-ethyl adjacent to an activating group) is 1. The average Bonchev–Trinajstić information content (AvgIpc) is 2.29. The second-order valence-electron chi connectivity index (χ2n) is 3.71. The van der Waals surface area contributed by atoms with Crippen LogP contribution >= 0.6 is 11.8 Å². The van der Waals surface area contributed by atoms with Crippen molar-refractivity contribution in [2.24, 2.45) is 0 Å². The van der Waals surface area contributed by atoms with E-state index >= 15 is 0 Å². The maximum atomic E-state index is 3.42. The quantitative estimate of drug-likeness (QED) is 0.765. The molecule has 0 radical (unpaired) electrons. The van der Waals surface area contributed by atoms with E-state index in [1.165, 1.54) is 21.9 Å². The highest BCUT2D eigenvalue weighted by Gasteiger charge is 2.08. The van der Waals surface area contributed by atoms with Gasteiger partial charge in [0.2, 0.25) is 0 Å². The van der Waals surface area contributed by atoms with E-state index < -0.39 is 0 Å². The molecule has 0 amide bonds. The molecular weight excluding hydrogens is 204 g/mol. The summed E-state index contributed by atoms with van der Waals surface area (Å²) < 4.78 is 0. The molecule has 2 rings (SSSR count). The SMILES string of the molecule is CCNCCc1ccc2c(c1)SCCN2. The van der Waals surface area contributed by atoms with Crippen molar-refractivity contribution in [2.45, 2.75) is 18.2 Å². The molecule has 1 heterocycles. The number of rotatable bonds is 4. The molecule has 1 aliphatic rings. The summed E-state index contributed by atoms with van der Waals surface area (Å²) in [6, 6.07) is 6.77.